The second-order valence-corrected chi connectivity index (χ2v) is 3.45. The summed E-state index contributed by atoms with van der Waals surface area (Å²) in [6.07, 6.45) is 0.862. The van der Waals surface area contributed by atoms with Crippen LogP contribution < -0.4 is 0 Å². The maximum absolute atomic E-state index is 11.3. The van der Waals surface area contributed by atoms with Gasteiger partial charge in [-0.25, -0.2) is 0 Å². The first-order valence-corrected chi connectivity index (χ1v) is 4.09. The molecule has 12 heavy (non-hydrogen) atoms. The van der Waals surface area contributed by atoms with Gasteiger partial charge in [-0.3, -0.25) is 4.79 Å². The van der Waals surface area contributed by atoms with Crippen LogP contribution in [-0.4, -0.2) is 23.4 Å². The molecular formula is C9H16N2O. The Morgan fingerprint density at radius 1 is 1.58 bits per heavy atom. The van der Waals surface area contributed by atoms with Gasteiger partial charge in [-0.15, -0.1) is 0 Å². The minimum Gasteiger partial charge on any atom is -0.340 e. The minimum absolute atomic E-state index is 0.0278. The van der Waals surface area contributed by atoms with Crippen molar-refractivity contribution in [3.63, 3.8) is 0 Å². The van der Waals surface area contributed by atoms with Crippen molar-refractivity contribution in [3.8, 4) is 6.07 Å². The van der Waals surface area contributed by atoms with Crippen LogP contribution in [0.5, 0.6) is 0 Å². The third kappa shape index (κ3) is 2.54. The summed E-state index contributed by atoms with van der Waals surface area (Å²) in [4.78, 5) is 12.9. The second kappa shape index (κ2) is 4.10. The maximum Gasteiger partial charge on any atom is 0.236 e. The average Bonchev–Trinajstić information content (AvgIpc) is 2.03. The zero-order chi connectivity index (χ0) is 9.78. The Bertz CT molecular complexity index is 203. The van der Waals surface area contributed by atoms with Crippen LogP contribution in [0.3, 0.4) is 0 Å². The molecule has 3 heteroatoms. The Hall–Kier alpha value is -1.04. The molecular weight excluding hydrogens is 152 g/mol. The summed E-state index contributed by atoms with van der Waals surface area (Å²) in [6.45, 7) is 6.00. The van der Waals surface area contributed by atoms with Crippen molar-refractivity contribution in [1.82, 2.24) is 4.90 Å². The summed E-state index contributed by atoms with van der Waals surface area (Å²) in [5.74, 6) is -0.107. The molecule has 0 heterocycles. The molecule has 0 bridgehead atoms. The molecule has 0 aliphatic carbocycles. The molecule has 68 valence electrons. The summed E-state index contributed by atoms with van der Waals surface area (Å²) in [5, 5.41) is 8.33. The van der Waals surface area contributed by atoms with Crippen LogP contribution in [-0.2, 0) is 4.79 Å². The van der Waals surface area contributed by atoms with E-state index in [0.717, 1.165) is 6.42 Å². The van der Waals surface area contributed by atoms with Gasteiger partial charge in [0.1, 0.15) is 6.42 Å². The lowest BCUT2D eigenvalue weighted by Gasteiger charge is -2.34. The van der Waals surface area contributed by atoms with E-state index >= 15 is 0 Å². The summed E-state index contributed by atoms with van der Waals surface area (Å²) in [5.41, 5.74) is -0.145. The standard InChI is InChI=1S/C9H16N2O/c1-5-9(2,3)11(4)8(12)6-7-10/h5-6H2,1-4H3. The molecule has 0 spiro atoms. The van der Waals surface area contributed by atoms with E-state index in [1.165, 1.54) is 0 Å². The third-order valence-electron chi connectivity index (χ3n) is 2.38. The van der Waals surface area contributed by atoms with Crippen molar-refractivity contribution in [2.45, 2.75) is 39.2 Å². The number of carbonyl (C=O) groups excluding carboxylic acids is 1. The zero-order valence-electron chi connectivity index (χ0n) is 8.22. The molecule has 0 atom stereocenters. The summed E-state index contributed by atoms with van der Waals surface area (Å²) in [6, 6.07) is 1.85. The van der Waals surface area contributed by atoms with Gasteiger partial charge < -0.3 is 4.90 Å². The van der Waals surface area contributed by atoms with E-state index in [1.54, 1.807) is 11.9 Å². The lowest BCUT2D eigenvalue weighted by Crippen LogP contribution is -2.44. The Kier molecular flexibility index (Phi) is 3.75. The predicted molar refractivity (Wildman–Crippen MR) is 47.4 cm³/mol. The normalized spacial score (nSPS) is 10.6. The molecule has 0 unspecified atom stereocenters. The van der Waals surface area contributed by atoms with Gasteiger partial charge in [0.25, 0.3) is 0 Å². The highest BCUT2D eigenvalue weighted by molar-refractivity contribution is 5.78. The summed E-state index contributed by atoms with van der Waals surface area (Å²) in [7, 11) is 1.74. The van der Waals surface area contributed by atoms with Gasteiger partial charge in [0.15, 0.2) is 0 Å². The van der Waals surface area contributed by atoms with Crippen molar-refractivity contribution >= 4 is 5.91 Å². The van der Waals surface area contributed by atoms with Gasteiger partial charge in [-0.2, -0.15) is 5.26 Å². The second-order valence-electron chi connectivity index (χ2n) is 3.45. The first kappa shape index (κ1) is 11.0. The largest absolute Gasteiger partial charge is 0.340 e. The smallest absolute Gasteiger partial charge is 0.236 e. The number of rotatable bonds is 3. The van der Waals surface area contributed by atoms with Crippen molar-refractivity contribution < 1.29 is 4.79 Å². The van der Waals surface area contributed by atoms with Gasteiger partial charge in [0.05, 0.1) is 6.07 Å². The number of nitriles is 1. The molecule has 0 aliphatic rings. The number of nitrogens with zero attached hydrogens (tertiary/aromatic N) is 2. The Morgan fingerprint density at radius 2 is 2.08 bits per heavy atom. The van der Waals surface area contributed by atoms with E-state index in [0.29, 0.717) is 0 Å². The lowest BCUT2D eigenvalue weighted by atomic mass is 10.00. The van der Waals surface area contributed by atoms with Gasteiger partial charge in [-0.05, 0) is 20.3 Å². The van der Waals surface area contributed by atoms with Crippen LogP contribution in [0.15, 0.2) is 0 Å². The highest BCUT2D eigenvalue weighted by atomic mass is 16.2. The Morgan fingerprint density at radius 3 is 2.42 bits per heavy atom. The van der Waals surface area contributed by atoms with Crippen molar-refractivity contribution in [1.29, 1.82) is 5.26 Å². The number of hydrogen-bond acceptors (Lipinski definition) is 2. The first-order chi connectivity index (χ1) is 5.45. The SMILES string of the molecule is CCC(C)(C)N(C)C(=O)CC#N. The highest BCUT2D eigenvalue weighted by Gasteiger charge is 2.24. The van der Waals surface area contributed by atoms with E-state index in [4.69, 9.17) is 5.26 Å². The van der Waals surface area contributed by atoms with Crippen LogP contribution in [0.2, 0.25) is 0 Å². The molecule has 0 saturated heterocycles. The summed E-state index contributed by atoms with van der Waals surface area (Å²) >= 11 is 0. The van der Waals surface area contributed by atoms with Crippen LogP contribution in [0.25, 0.3) is 0 Å². The molecule has 3 nitrogen and oxygen atoms in total. The molecule has 0 fully saturated rings. The predicted octanol–water partition coefficient (Wildman–Crippen LogP) is 1.55. The molecule has 0 radical (unpaired) electrons. The number of amides is 1. The van der Waals surface area contributed by atoms with E-state index in [-0.39, 0.29) is 17.9 Å². The third-order valence-corrected chi connectivity index (χ3v) is 2.38. The van der Waals surface area contributed by atoms with Gasteiger partial charge in [0.2, 0.25) is 5.91 Å². The van der Waals surface area contributed by atoms with Crippen molar-refractivity contribution in [2.24, 2.45) is 0 Å². The topological polar surface area (TPSA) is 44.1 Å². The summed E-state index contributed by atoms with van der Waals surface area (Å²) < 4.78 is 0. The average molecular weight is 168 g/mol. The number of hydrogen-bond donors (Lipinski definition) is 0. The van der Waals surface area contributed by atoms with E-state index in [2.05, 4.69) is 0 Å². The van der Waals surface area contributed by atoms with Gasteiger partial charge in [0, 0.05) is 12.6 Å². The quantitative estimate of drug-likeness (QED) is 0.641. The Balaban J connectivity index is 4.30. The molecule has 0 aromatic rings. The van der Waals surface area contributed by atoms with Gasteiger partial charge >= 0.3 is 0 Å². The maximum atomic E-state index is 11.3. The molecule has 1 amide bonds. The lowest BCUT2D eigenvalue weighted by molar-refractivity contribution is -0.133. The van der Waals surface area contributed by atoms with Crippen LogP contribution in [0, 0.1) is 11.3 Å². The first-order valence-electron chi connectivity index (χ1n) is 4.09. The fourth-order valence-electron chi connectivity index (χ4n) is 0.761. The van der Waals surface area contributed by atoms with E-state index in [1.807, 2.05) is 26.8 Å². The number of carbonyl (C=O) groups is 1. The van der Waals surface area contributed by atoms with E-state index < -0.39 is 0 Å². The fourth-order valence-corrected chi connectivity index (χ4v) is 0.761. The van der Waals surface area contributed by atoms with Gasteiger partial charge in [-0.1, -0.05) is 6.92 Å². The fraction of sp³-hybridized carbons (Fsp3) is 0.778. The monoisotopic (exact) mass is 168 g/mol. The molecule has 0 aromatic carbocycles. The molecule has 0 rings (SSSR count). The molecule has 0 aromatic heterocycles. The minimum atomic E-state index is -0.145. The molecule has 0 aliphatic heterocycles. The molecule has 0 saturated carbocycles. The van der Waals surface area contributed by atoms with Crippen LogP contribution >= 0.6 is 0 Å². The van der Waals surface area contributed by atoms with Crippen LogP contribution in [0.1, 0.15) is 33.6 Å². The van der Waals surface area contributed by atoms with E-state index in [9.17, 15) is 4.79 Å². The van der Waals surface area contributed by atoms with Crippen molar-refractivity contribution in [3.05, 3.63) is 0 Å². The Labute approximate surface area is 74.0 Å². The van der Waals surface area contributed by atoms with Crippen LogP contribution in [0.4, 0.5) is 0 Å². The molecule has 0 N–H and O–H groups in total. The highest BCUT2D eigenvalue weighted by Crippen LogP contribution is 2.16. The zero-order valence-corrected chi connectivity index (χ0v) is 8.22. The van der Waals surface area contributed by atoms with Crippen molar-refractivity contribution in [2.75, 3.05) is 7.05 Å².